The van der Waals surface area contributed by atoms with E-state index in [0.29, 0.717) is 19.7 Å². The van der Waals surface area contributed by atoms with Crippen molar-refractivity contribution in [3.63, 3.8) is 0 Å². The van der Waals surface area contributed by atoms with Crippen molar-refractivity contribution in [2.75, 3.05) is 19.7 Å². The van der Waals surface area contributed by atoms with Crippen LogP contribution >= 0.6 is 15.9 Å². The van der Waals surface area contributed by atoms with E-state index in [0.717, 1.165) is 35.7 Å². The van der Waals surface area contributed by atoms with Gasteiger partial charge in [0.1, 0.15) is 6.10 Å². The van der Waals surface area contributed by atoms with E-state index >= 15 is 0 Å². The third-order valence-corrected chi connectivity index (χ3v) is 4.99. The summed E-state index contributed by atoms with van der Waals surface area (Å²) >= 11 is 3.48. The number of ether oxygens (including phenoxy) is 1. The summed E-state index contributed by atoms with van der Waals surface area (Å²) in [6, 6.07) is 8.07. The summed E-state index contributed by atoms with van der Waals surface area (Å²) in [7, 11) is 0. The van der Waals surface area contributed by atoms with Crippen molar-refractivity contribution in [1.82, 2.24) is 4.90 Å². The summed E-state index contributed by atoms with van der Waals surface area (Å²) in [6.45, 7) is 1.80. The second kappa shape index (κ2) is 6.07. The van der Waals surface area contributed by atoms with Crippen LogP contribution in [0, 0.1) is 0 Å². The van der Waals surface area contributed by atoms with Gasteiger partial charge in [0.05, 0.1) is 18.7 Å². The average molecular weight is 353 g/mol. The Morgan fingerprint density at radius 3 is 2.86 bits per heavy atom. The molecule has 1 aromatic rings. The van der Waals surface area contributed by atoms with Gasteiger partial charge in [-0.15, -0.1) is 0 Å². The molecule has 1 heterocycles. The SMILES string of the molecule is NC1(C(=O)N2CCOC(c3cccc(Br)c3)C2)CCCC1. The Morgan fingerprint density at radius 1 is 1.38 bits per heavy atom. The number of halogens is 1. The molecule has 0 aromatic heterocycles. The highest BCUT2D eigenvalue weighted by Gasteiger charge is 2.41. The Bertz CT molecular complexity index is 529. The fourth-order valence-electron chi connectivity index (χ4n) is 3.28. The molecule has 1 saturated heterocycles. The van der Waals surface area contributed by atoms with Crippen molar-refractivity contribution in [3.8, 4) is 0 Å². The number of carbonyl (C=O) groups is 1. The molecule has 0 bridgehead atoms. The first-order valence-electron chi connectivity index (χ1n) is 7.54. The number of amides is 1. The van der Waals surface area contributed by atoms with Gasteiger partial charge in [-0.1, -0.05) is 40.9 Å². The fourth-order valence-corrected chi connectivity index (χ4v) is 3.69. The van der Waals surface area contributed by atoms with Crippen LogP contribution in [0.3, 0.4) is 0 Å². The van der Waals surface area contributed by atoms with Crippen LogP contribution in [0.15, 0.2) is 28.7 Å². The Balaban J connectivity index is 1.72. The summed E-state index contributed by atoms with van der Waals surface area (Å²) in [4.78, 5) is 14.6. The first kappa shape index (κ1) is 15.0. The van der Waals surface area contributed by atoms with Gasteiger partial charge in [0.2, 0.25) is 5.91 Å². The highest BCUT2D eigenvalue weighted by atomic mass is 79.9. The average Bonchev–Trinajstić information content (AvgIpc) is 2.95. The molecule has 0 radical (unpaired) electrons. The minimum atomic E-state index is -0.640. The van der Waals surface area contributed by atoms with Gasteiger partial charge in [0, 0.05) is 11.0 Å². The van der Waals surface area contributed by atoms with Crippen molar-refractivity contribution in [2.24, 2.45) is 5.73 Å². The largest absolute Gasteiger partial charge is 0.370 e. The topological polar surface area (TPSA) is 55.6 Å². The molecule has 0 spiro atoms. The van der Waals surface area contributed by atoms with E-state index < -0.39 is 5.54 Å². The molecule has 1 unspecified atom stereocenters. The van der Waals surface area contributed by atoms with Crippen LogP contribution in [-0.2, 0) is 9.53 Å². The lowest BCUT2D eigenvalue weighted by atomic mass is 9.96. The van der Waals surface area contributed by atoms with Gasteiger partial charge in [-0.2, -0.15) is 0 Å². The van der Waals surface area contributed by atoms with E-state index in [-0.39, 0.29) is 12.0 Å². The minimum Gasteiger partial charge on any atom is -0.370 e. The number of rotatable bonds is 2. The van der Waals surface area contributed by atoms with E-state index in [1.165, 1.54) is 0 Å². The predicted octanol–water partition coefficient (Wildman–Crippen LogP) is 2.62. The number of carbonyl (C=O) groups excluding carboxylic acids is 1. The summed E-state index contributed by atoms with van der Waals surface area (Å²) < 4.78 is 6.87. The summed E-state index contributed by atoms with van der Waals surface area (Å²) in [5, 5.41) is 0. The van der Waals surface area contributed by atoms with Crippen LogP contribution in [0.25, 0.3) is 0 Å². The number of nitrogens with two attached hydrogens (primary N) is 1. The molecule has 5 heteroatoms. The molecule has 2 N–H and O–H groups in total. The lowest BCUT2D eigenvalue weighted by Gasteiger charge is -2.37. The molecular formula is C16H21BrN2O2. The maximum atomic E-state index is 12.7. The third-order valence-electron chi connectivity index (χ3n) is 4.50. The van der Waals surface area contributed by atoms with Crippen molar-refractivity contribution in [2.45, 2.75) is 37.3 Å². The molecule has 2 fully saturated rings. The van der Waals surface area contributed by atoms with E-state index in [9.17, 15) is 4.79 Å². The van der Waals surface area contributed by atoms with Crippen molar-refractivity contribution >= 4 is 21.8 Å². The highest BCUT2D eigenvalue weighted by molar-refractivity contribution is 9.10. The zero-order valence-corrected chi connectivity index (χ0v) is 13.6. The van der Waals surface area contributed by atoms with Crippen LogP contribution in [0.5, 0.6) is 0 Å². The van der Waals surface area contributed by atoms with Gasteiger partial charge in [-0.25, -0.2) is 0 Å². The van der Waals surface area contributed by atoms with Crippen LogP contribution in [0.2, 0.25) is 0 Å². The van der Waals surface area contributed by atoms with Crippen molar-refractivity contribution in [3.05, 3.63) is 34.3 Å². The Kier molecular flexibility index (Phi) is 4.33. The van der Waals surface area contributed by atoms with Crippen LogP contribution in [-0.4, -0.2) is 36.0 Å². The standard InChI is InChI=1S/C16H21BrN2O2/c17-13-5-3-4-12(10-13)14-11-19(8-9-21-14)15(20)16(18)6-1-2-7-16/h3-5,10,14H,1-2,6-9,11,18H2. The highest BCUT2D eigenvalue weighted by Crippen LogP contribution is 2.31. The molecule has 21 heavy (non-hydrogen) atoms. The Morgan fingerprint density at radius 2 is 2.14 bits per heavy atom. The van der Waals surface area contributed by atoms with Crippen LogP contribution in [0.4, 0.5) is 0 Å². The first-order chi connectivity index (χ1) is 10.1. The molecule has 1 saturated carbocycles. The molecule has 1 aromatic carbocycles. The van der Waals surface area contributed by atoms with Gasteiger partial charge in [0.25, 0.3) is 0 Å². The lowest BCUT2D eigenvalue weighted by Crippen LogP contribution is -2.56. The zero-order chi connectivity index (χ0) is 14.9. The Hall–Kier alpha value is -0.910. The quantitative estimate of drug-likeness (QED) is 0.889. The molecule has 114 valence electrons. The number of nitrogens with zero attached hydrogens (tertiary/aromatic N) is 1. The molecule has 1 atom stereocenters. The van der Waals surface area contributed by atoms with E-state index in [2.05, 4.69) is 15.9 Å². The molecule has 1 aliphatic carbocycles. The number of benzene rings is 1. The second-order valence-corrected chi connectivity index (χ2v) is 6.94. The third kappa shape index (κ3) is 3.15. The number of morpholine rings is 1. The molecule has 2 aliphatic rings. The minimum absolute atomic E-state index is 0.0646. The van der Waals surface area contributed by atoms with E-state index in [1.807, 2.05) is 29.2 Å². The van der Waals surface area contributed by atoms with E-state index in [1.54, 1.807) is 0 Å². The fraction of sp³-hybridized carbons (Fsp3) is 0.562. The van der Waals surface area contributed by atoms with Crippen molar-refractivity contribution in [1.29, 1.82) is 0 Å². The normalized spacial score (nSPS) is 25.0. The summed E-state index contributed by atoms with van der Waals surface area (Å²) in [5.41, 5.74) is 6.76. The molecule has 1 aliphatic heterocycles. The number of hydrogen-bond acceptors (Lipinski definition) is 3. The summed E-state index contributed by atoms with van der Waals surface area (Å²) in [5.74, 6) is 0.100. The van der Waals surface area contributed by atoms with Gasteiger partial charge < -0.3 is 15.4 Å². The zero-order valence-electron chi connectivity index (χ0n) is 12.1. The van der Waals surface area contributed by atoms with Gasteiger partial charge in [-0.05, 0) is 30.5 Å². The maximum Gasteiger partial charge on any atom is 0.242 e. The molecular weight excluding hydrogens is 332 g/mol. The van der Waals surface area contributed by atoms with Crippen LogP contribution in [0.1, 0.15) is 37.4 Å². The maximum absolute atomic E-state index is 12.7. The van der Waals surface area contributed by atoms with Gasteiger partial charge in [-0.3, -0.25) is 4.79 Å². The Labute approximate surface area is 133 Å². The van der Waals surface area contributed by atoms with Gasteiger partial charge >= 0.3 is 0 Å². The molecule has 1 amide bonds. The smallest absolute Gasteiger partial charge is 0.242 e. The molecule has 4 nitrogen and oxygen atoms in total. The van der Waals surface area contributed by atoms with Crippen molar-refractivity contribution < 1.29 is 9.53 Å². The second-order valence-electron chi connectivity index (χ2n) is 6.03. The van der Waals surface area contributed by atoms with E-state index in [4.69, 9.17) is 10.5 Å². The summed E-state index contributed by atoms with van der Waals surface area (Å²) in [6.07, 6.45) is 3.67. The first-order valence-corrected chi connectivity index (χ1v) is 8.33. The van der Waals surface area contributed by atoms with Gasteiger partial charge in [0.15, 0.2) is 0 Å². The molecule has 3 rings (SSSR count). The number of hydrogen-bond donors (Lipinski definition) is 1. The lowest BCUT2D eigenvalue weighted by molar-refractivity contribution is -0.144. The predicted molar refractivity (Wildman–Crippen MR) is 84.8 cm³/mol. The van der Waals surface area contributed by atoms with Crippen LogP contribution < -0.4 is 5.73 Å². The monoisotopic (exact) mass is 352 g/mol.